The molecule has 5 heteroatoms. The molecule has 1 atom stereocenters. The largest absolute Gasteiger partial charge is 0.332 e. The van der Waals surface area contributed by atoms with Gasteiger partial charge in [0.05, 0.1) is 26.2 Å². The van der Waals surface area contributed by atoms with Crippen LogP contribution in [0.2, 0.25) is 0 Å². The molecule has 126 valence electrons. The molecule has 2 N–H and O–H groups in total. The lowest BCUT2D eigenvalue weighted by Gasteiger charge is -2.31. The Bertz CT molecular complexity index is 551. The standard InChI is InChI=1S/C18H27N3O2/c1-4-14(2)16-7-5-6-8-17(16)19-18(23)13-20-9-11-21(12-10-20)15(3)22/h5-8,14H,4,9-13H2,1-3H3,(H,19,23)/p+1/t14-/m1/s1. The average molecular weight is 318 g/mol. The second-order valence-electron chi connectivity index (χ2n) is 6.38. The van der Waals surface area contributed by atoms with E-state index in [-0.39, 0.29) is 11.8 Å². The van der Waals surface area contributed by atoms with Gasteiger partial charge in [0.1, 0.15) is 0 Å². The zero-order chi connectivity index (χ0) is 16.8. The second-order valence-corrected chi connectivity index (χ2v) is 6.38. The molecule has 23 heavy (non-hydrogen) atoms. The maximum Gasteiger partial charge on any atom is 0.279 e. The molecule has 1 heterocycles. The van der Waals surface area contributed by atoms with E-state index in [9.17, 15) is 9.59 Å². The molecule has 1 aromatic rings. The van der Waals surface area contributed by atoms with Crippen molar-refractivity contribution in [2.45, 2.75) is 33.1 Å². The van der Waals surface area contributed by atoms with Crippen molar-refractivity contribution in [2.75, 3.05) is 38.0 Å². The average Bonchev–Trinajstić information content (AvgIpc) is 2.55. The Morgan fingerprint density at radius 1 is 1.26 bits per heavy atom. The van der Waals surface area contributed by atoms with Crippen LogP contribution in [0.4, 0.5) is 5.69 Å². The van der Waals surface area contributed by atoms with Crippen LogP contribution >= 0.6 is 0 Å². The van der Waals surface area contributed by atoms with Gasteiger partial charge in [0.25, 0.3) is 5.91 Å². The third kappa shape index (κ3) is 4.79. The molecule has 0 bridgehead atoms. The number of amides is 2. The third-order valence-electron chi connectivity index (χ3n) is 4.70. The van der Waals surface area contributed by atoms with E-state index in [0.717, 1.165) is 38.3 Å². The molecule has 1 aliphatic rings. The molecular weight excluding hydrogens is 290 g/mol. The zero-order valence-corrected chi connectivity index (χ0v) is 14.4. The molecule has 0 unspecified atom stereocenters. The SMILES string of the molecule is CC[C@@H](C)c1ccccc1NC(=O)C[NH+]1CCN(C(C)=O)CC1. The predicted molar refractivity (Wildman–Crippen MR) is 91.6 cm³/mol. The molecule has 0 spiro atoms. The van der Waals surface area contributed by atoms with Crippen LogP contribution in [0.15, 0.2) is 24.3 Å². The summed E-state index contributed by atoms with van der Waals surface area (Å²) in [4.78, 5) is 26.8. The van der Waals surface area contributed by atoms with Gasteiger partial charge >= 0.3 is 0 Å². The van der Waals surface area contributed by atoms with Crippen molar-refractivity contribution < 1.29 is 14.5 Å². The maximum absolute atomic E-state index is 12.3. The fourth-order valence-corrected chi connectivity index (χ4v) is 3.00. The number of benzene rings is 1. The summed E-state index contributed by atoms with van der Waals surface area (Å²) in [7, 11) is 0. The highest BCUT2D eigenvalue weighted by Crippen LogP contribution is 2.26. The number of rotatable bonds is 5. The van der Waals surface area contributed by atoms with Crippen molar-refractivity contribution in [1.82, 2.24) is 4.90 Å². The molecule has 1 fully saturated rings. The topological polar surface area (TPSA) is 53.9 Å². The Hall–Kier alpha value is -1.88. The van der Waals surface area contributed by atoms with Crippen molar-refractivity contribution in [3.05, 3.63) is 29.8 Å². The summed E-state index contributed by atoms with van der Waals surface area (Å²) >= 11 is 0. The van der Waals surface area contributed by atoms with Crippen LogP contribution in [0.5, 0.6) is 0 Å². The van der Waals surface area contributed by atoms with Crippen LogP contribution < -0.4 is 10.2 Å². The quantitative estimate of drug-likeness (QED) is 0.847. The Morgan fingerprint density at radius 3 is 2.52 bits per heavy atom. The van der Waals surface area contributed by atoms with E-state index in [0.29, 0.717) is 12.5 Å². The van der Waals surface area contributed by atoms with Crippen LogP contribution in [-0.2, 0) is 9.59 Å². The lowest BCUT2D eigenvalue weighted by atomic mass is 9.97. The first-order valence-corrected chi connectivity index (χ1v) is 8.49. The molecule has 1 aromatic carbocycles. The first-order valence-electron chi connectivity index (χ1n) is 8.49. The number of carbonyl (C=O) groups excluding carboxylic acids is 2. The number of carbonyl (C=O) groups is 2. The summed E-state index contributed by atoms with van der Waals surface area (Å²) in [6.07, 6.45) is 1.05. The first-order chi connectivity index (χ1) is 11.0. The fraction of sp³-hybridized carbons (Fsp3) is 0.556. The summed E-state index contributed by atoms with van der Waals surface area (Å²) in [5, 5.41) is 3.07. The summed E-state index contributed by atoms with van der Waals surface area (Å²) in [5.74, 6) is 0.598. The van der Waals surface area contributed by atoms with Gasteiger partial charge in [-0.15, -0.1) is 0 Å². The van der Waals surface area contributed by atoms with Crippen molar-refractivity contribution >= 4 is 17.5 Å². The number of quaternary nitrogens is 1. The predicted octanol–water partition coefficient (Wildman–Crippen LogP) is 0.886. The van der Waals surface area contributed by atoms with Gasteiger partial charge in [0, 0.05) is 12.6 Å². The highest BCUT2D eigenvalue weighted by Gasteiger charge is 2.23. The van der Waals surface area contributed by atoms with E-state index in [1.807, 2.05) is 23.1 Å². The van der Waals surface area contributed by atoms with Crippen LogP contribution in [-0.4, -0.2) is 49.4 Å². The molecule has 0 aliphatic carbocycles. The van der Waals surface area contributed by atoms with E-state index >= 15 is 0 Å². The maximum atomic E-state index is 12.3. The molecular formula is C18H28N3O2+. The number of nitrogens with zero attached hydrogens (tertiary/aromatic N) is 1. The van der Waals surface area contributed by atoms with E-state index in [1.54, 1.807) is 6.92 Å². The molecule has 2 amide bonds. The third-order valence-corrected chi connectivity index (χ3v) is 4.70. The van der Waals surface area contributed by atoms with Crippen LogP contribution in [0.1, 0.15) is 38.7 Å². The Kier molecular flexibility index (Phi) is 6.16. The molecule has 2 rings (SSSR count). The number of para-hydroxylation sites is 1. The van der Waals surface area contributed by atoms with Crippen LogP contribution in [0, 0.1) is 0 Å². The monoisotopic (exact) mass is 318 g/mol. The van der Waals surface area contributed by atoms with Gasteiger partial charge in [-0.1, -0.05) is 32.0 Å². The molecule has 0 saturated carbocycles. The summed E-state index contributed by atoms with van der Waals surface area (Å²) < 4.78 is 0. The van der Waals surface area contributed by atoms with Gasteiger partial charge in [0.15, 0.2) is 6.54 Å². The van der Waals surface area contributed by atoms with Gasteiger partial charge in [0.2, 0.25) is 5.91 Å². The van der Waals surface area contributed by atoms with Gasteiger partial charge in [-0.3, -0.25) is 9.59 Å². The summed E-state index contributed by atoms with van der Waals surface area (Å²) in [5.41, 5.74) is 2.12. The molecule has 0 aromatic heterocycles. The van der Waals surface area contributed by atoms with E-state index in [4.69, 9.17) is 0 Å². The Labute approximate surface area is 138 Å². The van der Waals surface area contributed by atoms with E-state index < -0.39 is 0 Å². The van der Waals surface area contributed by atoms with E-state index in [2.05, 4.69) is 25.2 Å². The molecule has 1 aliphatic heterocycles. The number of piperazine rings is 1. The number of hydrogen-bond acceptors (Lipinski definition) is 2. The van der Waals surface area contributed by atoms with Gasteiger partial charge in [-0.25, -0.2) is 0 Å². The Morgan fingerprint density at radius 2 is 1.91 bits per heavy atom. The molecule has 1 saturated heterocycles. The molecule has 0 radical (unpaired) electrons. The van der Waals surface area contributed by atoms with Gasteiger partial charge < -0.3 is 15.1 Å². The number of anilines is 1. The summed E-state index contributed by atoms with van der Waals surface area (Å²) in [6.45, 7) is 9.53. The highest BCUT2D eigenvalue weighted by atomic mass is 16.2. The van der Waals surface area contributed by atoms with Crippen molar-refractivity contribution in [3.63, 3.8) is 0 Å². The van der Waals surface area contributed by atoms with E-state index in [1.165, 1.54) is 10.5 Å². The Balaban J connectivity index is 1.90. The minimum absolute atomic E-state index is 0.0482. The lowest BCUT2D eigenvalue weighted by Crippen LogP contribution is -3.15. The zero-order valence-electron chi connectivity index (χ0n) is 14.4. The van der Waals surface area contributed by atoms with Crippen LogP contribution in [0.25, 0.3) is 0 Å². The first kappa shape index (κ1) is 17.5. The second kappa shape index (κ2) is 8.11. The van der Waals surface area contributed by atoms with Crippen molar-refractivity contribution in [1.29, 1.82) is 0 Å². The smallest absolute Gasteiger partial charge is 0.279 e. The highest BCUT2D eigenvalue weighted by molar-refractivity contribution is 5.92. The minimum Gasteiger partial charge on any atom is -0.332 e. The number of hydrogen-bond donors (Lipinski definition) is 2. The van der Waals surface area contributed by atoms with Crippen LogP contribution in [0.3, 0.4) is 0 Å². The number of nitrogens with one attached hydrogen (secondary N) is 2. The lowest BCUT2D eigenvalue weighted by molar-refractivity contribution is -0.895. The van der Waals surface area contributed by atoms with Gasteiger partial charge in [-0.2, -0.15) is 0 Å². The van der Waals surface area contributed by atoms with Crippen molar-refractivity contribution in [3.8, 4) is 0 Å². The molecule has 5 nitrogen and oxygen atoms in total. The van der Waals surface area contributed by atoms with Crippen molar-refractivity contribution in [2.24, 2.45) is 0 Å². The normalized spacial score (nSPS) is 16.9. The fourth-order valence-electron chi connectivity index (χ4n) is 3.00. The summed E-state index contributed by atoms with van der Waals surface area (Å²) in [6, 6.07) is 8.04. The van der Waals surface area contributed by atoms with Gasteiger partial charge in [-0.05, 0) is 24.0 Å². The minimum atomic E-state index is 0.0482.